The number of amides is 1. The normalized spacial score (nSPS) is 9.80. The van der Waals surface area contributed by atoms with Crippen molar-refractivity contribution in [2.75, 3.05) is 0 Å². The number of benzene rings is 1. The fourth-order valence-electron chi connectivity index (χ4n) is 1.63. The number of hydrogen-bond donors (Lipinski definition) is 3. The van der Waals surface area contributed by atoms with Crippen LogP contribution in [0.15, 0.2) is 42.0 Å². The van der Waals surface area contributed by atoms with Crippen molar-refractivity contribution in [3.63, 3.8) is 0 Å². The van der Waals surface area contributed by atoms with Crippen molar-refractivity contribution in [2.24, 2.45) is 5.73 Å². The molecular weight excluding hydrogens is 278 g/mol. The number of carbonyl (C=O) groups excluding carboxylic acids is 1. The highest BCUT2D eigenvalue weighted by molar-refractivity contribution is 7.12. The van der Waals surface area contributed by atoms with E-state index in [2.05, 4.69) is 15.7 Å². The molecule has 0 fully saturated rings. The fourth-order valence-corrected chi connectivity index (χ4v) is 2.31. The van der Waals surface area contributed by atoms with E-state index in [9.17, 15) is 4.79 Å². The summed E-state index contributed by atoms with van der Waals surface area (Å²) in [6.45, 7) is 0. The van der Waals surface area contributed by atoms with E-state index in [-0.39, 0.29) is 5.78 Å². The molecule has 0 saturated carbocycles. The van der Waals surface area contributed by atoms with Crippen molar-refractivity contribution in [1.82, 2.24) is 9.97 Å². The zero-order valence-corrected chi connectivity index (χ0v) is 11.1. The monoisotopic (exact) mass is 289 g/mol. The first-order valence-electron chi connectivity index (χ1n) is 5.57. The van der Waals surface area contributed by atoms with Gasteiger partial charge >= 0.3 is 6.09 Å². The summed E-state index contributed by atoms with van der Waals surface area (Å²) in [5, 5.41) is 9.10. The topological polar surface area (TPSA) is 109 Å². The number of fused-ring (bicyclic) bond motifs is 1. The Labute approximate surface area is 117 Å². The Kier molecular flexibility index (Phi) is 4.11. The Morgan fingerprint density at radius 2 is 2.05 bits per heavy atom. The number of ketones is 1. The van der Waals surface area contributed by atoms with E-state index in [1.54, 1.807) is 6.33 Å². The van der Waals surface area contributed by atoms with Crippen LogP contribution in [0.2, 0.25) is 0 Å². The minimum Gasteiger partial charge on any atom is -0.465 e. The smallest absolute Gasteiger partial charge is 0.402 e. The van der Waals surface area contributed by atoms with Crippen LogP contribution in [0.5, 0.6) is 0 Å². The molecule has 0 bridgehead atoms. The SMILES string of the molecule is NC(=O)O.O=C(c1ccc2nc[nH]c2c1)c1cccs1. The highest BCUT2D eigenvalue weighted by Gasteiger charge is 2.10. The van der Waals surface area contributed by atoms with E-state index >= 15 is 0 Å². The third-order valence-corrected chi connectivity index (χ3v) is 3.30. The molecule has 3 rings (SSSR count). The second-order valence-electron chi connectivity index (χ2n) is 3.78. The summed E-state index contributed by atoms with van der Waals surface area (Å²) < 4.78 is 0. The first kappa shape index (κ1) is 13.8. The van der Waals surface area contributed by atoms with Crippen LogP contribution in [0, 0.1) is 0 Å². The van der Waals surface area contributed by atoms with Crippen LogP contribution in [0.1, 0.15) is 15.2 Å². The minimum absolute atomic E-state index is 0.0616. The van der Waals surface area contributed by atoms with Crippen LogP contribution >= 0.6 is 11.3 Å². The second kappa shape index (κ2) is 5.98. The molecule has 0 atom stereocenters. The molecule has 6 nitrogen and oxygen atoms in total. The molecule has 1 amide bonds. The van der Waals surface area contributed by atoms with E-state index in [0.717, 1.165) is 15.9 Å². The number of carbonyl (C=O) groups is 2. The number of nitrogens with two attached hydrogens (primary N) is 1. The van der Waals surface area contributed by atoms with E-state index in [1.807, 2.05) is 35.7 Å². The number of aromatic nitrogens is 2. The maximum Gasteiger partial charge on any atom is 0.402 e. The first-order chi connectivity index (χ1) is 9.58. The summed E-state index contributed by atoms with van der Waals surface area (Å²) in [7, 11) is 0. The van der Waals surface area contributed by atoms with Gasteiger partial charge in [0.25, 0.3) is 0 Å². The van der Waals surface area contributed by atoms with Crippen LogP contribution in [-0.2, 0) is 0 Å². The van der Waals surface area contributed by atoms with Gasteiger partial charge in [0.15, 0.2) is 0 Å². The van der Waals surface area contributed by atoms with Crippen LogP contribution in [0.4, 0.5) is 4.79 Å². The summed E-state index contributed by atoms with van der Waals surface area (Å²) in [4.78, 5) is 28.7. The van der Waals surface area contributed by atoms with E-state index in [0.29, 0.717) is 5.56 Å². The number of primary amides is 1. The predicted octanol–water partition coefficient (Wildman–Crippen LogP) is 2.48. The zero-order chi connectivity index (χ0) is 14.5. The van der Waals surface area contributed by atoms with Gasteiger partial charge in [0.1, 0.15) is 0 Å². The van der Waals surface area contributed by atoms with Crippen molar-refractivity contribution in [3.8, 4) is 0 Å². The van der Waals surface area contributed by atoms with E-state index < -0.39 is 6.09 Å². The lowest BCUT2D eigenvalue weighted by atomic mass is 10.1. The second-order valence-corrected chi connectivity index (χ2v) is 4.73. The lowest BCUT2D eigenvalue weighted by Gasteiger charge is -1.97. The molecule has 4 N–H and O–H groups in total. The summed E-state index contributed by atoms with van der Waals surface area (Å²) in [5.41, 5.74) is 6.49. The molecule has 0 aliphatic carbocycles. The average Bonchev–Trinajstić information content (AvgIpc) is 3.07. The number of carboxylic acid groups (broad SMARTS) is 1. The van der Waals surface area contributed by atoms with Crippen molar-refractivity contribution in [2.45, 2.75) is 0 Å². The lowest BCUT2D eigenvalue weighted by molar-refractivity contribution is 0.104. The Bertz CT molecular complexity index is 730. The predicted molar refractivity (Wildman–Crippen MR) is 76.1 cm³/mol. The average molecular weight is 289 g/mol. The van der Waals surface area contributed by atoms with Crippen molar-refractivity contribution in [1.29, 1.82) is 0 Å². The Morgan fingerprint density at radius 3 is 2.70 bits per heavy atom. The number of nitrogens with zero attached hydrogens (tertiary/aromatic N) is 1. The Hall–Kier alpha value is -2.67. The molecule has 7 heteroatoms. The molecule has 2 aromatic heterocycles. The quantitative estimate of drug-likeness (QED) is 0.629. The Morgan fingerprint density at radius 1 is 1.30 bits per heavy atom. The van der Waals surface area contributed by atoms with Crippen LogP contribution in [0.25, 0.3) is 11.0 Å². The number of imidazole rings is 1. The Balaban J connectivity index is 0.000000328. The molecule has 0 saturated heterocycles. The highest BCUT2D eigenvalue weighted by atomic mass is 32.1. The van der Waals surface area contributed by atoms with Gasteiger partial charge in [-0.2, -0.15) is 0 Å². The largest absolute Gasteiger partial charge is 0.465 e. The van der Waals surface area contributed by atoms with Crippen molar-refractivity contribution in [3.05, 3.63) is 52.5 Å². The molecule has 0 aliphatic heterocycles. The van der Waals surface area contributed by atoms with Gasteiger partial charge in [0, 0.05) is 5.56 Å². The van der Waals surface area contributed by atoms with E-state index in [4.69, 9.17) is 9.90 Å². The molecule has 0 radical (unpaired) electrons. The molecule has 102 valence electrons. The summed E-state index contributed by atoms with van der Waals surface area (Å²) in [6, 6.07) is 9.22. The molecule has 3 aromatic rings. The van der Waals surface area contributed by atoms with Gasteiger partial charge in [0.05, 0.1) is 22.2 Å². The van der Waals surface area contributed by atoms with Gasteiger partial charge in [-0.3, -0.25) is 4.79 Å². The first-order valence-corrected chi connectivity index (χ1v) is 6.45. The third-order valence-electron chi connectivity index (χ3n) is 2.43. The minimum atomic E-state index is -1.33. The number of rotatable bonds is 2. The summed E-state index contributed by atoms with van der Waals surface area (Å²) in [5.74, 6) is 0.0616. The summed E-state index contributed by atoms with van der Waals surface area (Å²) >= 11 is 1.46. The molecule has 0 unspecified atom stereocenters. The van der Waals surface area contributed by atoms with Gasteiger partial charge in [-0.1, -0.05) is 6.07 Å². The van der Waals surface area contributed by atoms with Gasteiger partial charge in [-0.25, -0.2) is 9.78 Å². The molecular formula is C13H11N3O3S. The highest BCUT2D eigenvalue weighted by Crippen LogP contribution is 2.18. The van der Waals surface area contributed by atoms with Crippen LogP contribution in [-0.4, -0.2) is 27.0 Å². The number of thiophene rings is 1. The molecule has 1 aromatic carbocycles. The van der Waals surface area contributed by atoms with Crippen molar-refractivity contribution >= 4 is 34.2 Å². The van der Waals surface area contributed by atoms with Crippen LogP contribution in [0.3, 0.4) is 0 Å². The lowest BCUT2D eigenvalue weighted by Crippen LogP contribution is -2.03. The number of aromatic amines is 1. The number of hydrogen-bond acceptors (Lipinski definition) is 4. The molecule has 2 heterocycles. The maximum atomic E-state index is 12.0. The third kappa shape index (κ3) is 3.21. The molecule has 0 aliphatic rings. The van der Waals surface area contributed by atoms with Gasteiger partial charge in [0.2, 0.25) is 5.78 Å². The zero-order valence-electron chi connectivity index (χ0n) is 10.2. The fraction of sp³-hybridized carbons (Fsp3) is 0. The number of nitrogens with one attached hydrogen (secondary N) is 1. The molecule has 20 heavy (non-hydrogen) atoms. The van der Waals surface area contributed by atoms with Gasteiger partial charge in [-0.05, 0) is 29.6 Å². The van der Waals surface area contributed by atoms with Gasteiger partial charge < -0.3 is 15.8 Å². The summed E-state index contributed by atoms with van der Waals surface area (Å²) in [6.07, 6.45) is 0.296. The molecule has 0 spiro atoms. The van der Waals surface area contributed by atoms with Gasteiger partial charge in [-0.15, -0.1) is 11.3 Å². The van der Waals surface area contributed by atoms with Crippen LogP contribution < -0.4 is 5.73 Å². The standard InChI is InChI=1S/C12H8N2OS.CH3NO2/c15-12(11-2-1-5-16-11)8-3-4-9-10(6-8)14-7-13-9;2-1(3)4/h1-7H,(H,13,14);2H2,(H,3,4). The number of H-pyrrole nitrogens is 1. The van der Waals surface area contributed by atoms with E-state index in [1.165, 1.54) is 11.3 Å². The van der Waals surface area contributed by atoms with Crippen molar-refractivity contribution < 1.29 is 14.7 Å². The maximum absolute atomic E-state index is 12.0.